The summed E-state index contributed by atoms with van der Waals surface area (Å²) in [5.41, 5.74) is 4.91. The molecule has 168 valence electrons. The van der Waals surface area contributed by atoms with Crippen molar-refractivity contribution in [2.75, 3.05) is 27.9 Å². The van der Waals surface area contributed by atoms with E-state index in [1.807, 2.05) is 53.2 Å². The molecule has 1 fully saturated rings. The smallest absolute Gasteiger partial charge is 0.198 e. The van der Waals surface area contributed by atoms with Crippen molar-refractivity contribution in [3.05, 3.63) is 89.7 Å². The van der Waals surface area contributed by atoms with E-state index in [4.69, 9.17) is 5.10 Å². The van der Waals surface area contributed by atoms with E-state index in [2.05, 4.69) is 17.0 Å². The molecule has 2 heterocycles. The lowest BCUT2D eigenvalue weighted by Gasteiger charge is -2.32. The lowest BCUT2D eigenvalue weighted by molar-refractivity contribution is -0.111. The van der Waals surface area contributed by atoms with Crippen molar-refractivity contribution >= 4 is 28.7 Å². The van der Waals surface area contributed by atoms with Crippen molar-refractivity contribution < 1.29 is 9.18 Å². The van der Waals surface area contributed by atoms with Gasteiger partial charge in [-0.25, -0.2) is 9.40 Å². The predicted octanol–water partition coefficient (Wildman–Crippen LogP) is 5.66. The summed E-state index contributed by atoms with van der Waals surface area (Å²) in [6.45, 7) is 5.71. The molecule has 0 aliphatic carbocycles. The zero-order chi connectivity index (χ0) is 22.9. The fourth-order valence-electron chi connectivity index (χ4n) is 4.55. The maximum atomic E-state index is 13.7. The van der Waals surface area contributed by atoms with Gasteiger partial charge >= 0.3 is 0 Å². The number of hydrogen-bond acceptors (Lipinski definition) is 5. The van der Waals surface area contributed by atoms with Gasteiger partial charge in [0.2, 0.25) is 0 Å². The molecule has 1 atom stereocenters. The van der Waals surface area contributed by atoms with Crippen molar-refractivity contribution in [3.8, 4) is 0 Å². The first-order chi connectivity index (χ1) is 16.0. The highest BCUT2D eigenvalue weighted by Gasteiger charge is 2.39. The Balaban J connectivity index is 1.59. The number of halogens is 1. The van der Waals surface area contributed by atoms with Gasteiger partial charge in [-0.2, -0.15) is 0 Å². The van der Waals surface area contributed by atoms with Crippen molar-refractivity contribution in [1.82, 2.24) is 0 Å². The van der Waals surface area contributed by atoms with E-state index in [9.17, 15) is 9.18 Å². The Bertz CT molecular complexity index is 1170. The molecule has 6 heteroatoms. The molecular weight excluding hydrogens is 415 g/mol. The van der Waals surface area contributed by atoms with Gasteiger partial charge in [-0.1, -0.05) is 29.8 Å². The molecule has 0 N–H and O–H groups in total. The molecule has 0 bridgehead atoms. The number of hydrogen-bond donors (Lipinski definition) is 0. The highest BCUT2D eigenvalue weighted by Crippen LogP contribution is 2.39. The van der Waals surface area contributed by atoms with Gasteiger partial charge in [-0.05, 0) is 73.9 Å². The van der Waals surface area contributed by atoms with E-state index in [-0.39, 0.29) is 11.6 Å². The van der Waals surface area contributed by atoms with Crippen LogP contribution in [0, 0.1) is 12.7 Å². The third-order valence-corrected chi connectivity index (χ3v) is 6.29. The summed E-state index contributed by atoms with van der Waals surface area (Å²) in [4.78, 5) is 17.0. The zero-order valence-corrected chi connectivity index (χ0v) is 18.9. The quantitative estimate of drug-likeness (QED) is 0.511. The minimum Gasteiger partial charge on any atom is -0.372 e. The third kappa shape index (κ3) is 4.09. The van der Waals surface area contributed by atoms with E-state index < -0.39 is 6.17 Å². The molecule has 0 amide bonds. The number of amidine groups is 1. The molecule has 0 radical (unpaired) electrons. The van der Waals surface area contributed by atoms with Crippen molar-refractivity contribution in [2.45, 2.75) is 32.9 Å². The SMILES string of the molecule is CC(=O)C1=NN(c2ccc(C)cc2)[C@@H](c2ccc(F)cc2)N1c1ccc(N2CCCC2)cc1. The number of anilines is 3. The Morgan fingerprint density at radius 1 is 0.848 bits per heavy atom. The van der Waals surface area contributed by atoms with Crippen LogP contribution in [0.5, 0.6) is 0 Å². The van der Waals surface area contributed by atoms with Crippen LogP contribution >= 0.6 is 0 Å². The Hall–Kier alpha value is -3.67. The lowest BCUT2D eigenvalue weighted by atomic mass is 10.1. The van der Waals surface area contributed by atoms with Crippen LogP contribution in [0.1, 0.15) is 37.1 Å². The summed E-state index contributed by atoms with van der Waals surface area (Å²) in [7, 11) is 0. The van der Waals surface area contributed by atoms with E-state index >= 15 is 0 Å². The fourth-order valence-corrected chi connectivity index (χ4v) is 4.55. The monoisotopic (exact) mass is 442 g/mol. The molecule has 0 aromatic heterocycles. The number of hydrazone groups is 1. The molecule has 0 spiro atoms. The second kappa shape index (κ2) is 8.70. The Kier molecular flexibility index (Phi) is 5.58. The van der Waals surface area contributed by atoms with Gasteiger partial charge in [-0.3, -0.25) is 9.69 Å². The lowest BCUT2D eigenvalue weighted by Crippen LogP contribution is -2.37. The number of ketones is 1. The number of carbonyl (C=O) groups is 1. The zero-order valence-electron chi connectivity index (χ0n) is 18.9. The molecule has 3 aromatic rings. The van der Waals surface area contributed by atoms with Crippen molar-refractivity contribution in [1.29, 1.82) is 0 Å². The summed E-state index contributed by atoms with van der Waals surface area (Å²) in [6.07, 6.45) is 2.02. The van der Waals surface area contributed by atoms with E-state index in [1.165, 1.54) is 37.6 Å². The van der Waals surface area contributed by atoms with Gasteiger partial charge in [0, 0.05) is 31.4 Å². The summed E-state index contributed by atoms with van der Waals surface area (Å²) in [5, 5.41) is 6.59. The van der Waals surface area contributed by atoms with Crippen LogP contribution in [0.25, 0.3) is 0 Å². The number of Topliss-reactive ketones (excluding diaryl/α,β-unsaturated/α-hetero) is 1. The molecule has 1 saturated heterocycles. The number of carbonyl (C=O) groups excluding carboxylic acids is 1. The van der Waals surface area contributed by atoms with Crippen molar-refractivity contribution in [2.24, 2.45) is 5.10 Å². The van der Waals surface area contributed by atoms with E-state index in [0.717, 1.165) is 35.6 Å². The average molecular weight is 443 g/mol. The molecule has 33 heavy (non-hydrogen) atoms. The predicted molar refractivity (Wildman–Crippen MR) is 131 cm³/mol. The minimum absolute atomic E-state index is 0.125. The maximum Gasteiger partial charge on any atom is 0.198 e. The van der Waals surface area contributed by atoms with Gasteiger partial charge in [-0.15, -0.1) is 5.10 Å². The van der Waals surface area contributed by atoms with Crippen LogP contribution in [-0.4, -0.2) is 24.7 Å². The summed E-state index contributed by atoms with van der Waals surface area (Å²) >= 11 is 0. The van der Waals surface area contributed by atoms with Crippen LogP contribution < -0.4 is 14.8 Å². The second-order valence-corrected chi connectivity index (χ2v) is 8.67. The largest absolute Gasteiger partial charge is 0.372 e. The van der Waals surface area contributed by atoms with Crippen molar-refractivity contribution in [3.63, 3.8) is 0 Å². The summed E-state index contributed by atoms with van der Waals surface area (Å²) in [6, 6.07) is 22.7. The van der Waals surface area contributed by atoms with Gasteiger partial charge in [0.05, 0.1) is 5.69 Å². The first-order valence-corrected chi connectivity index (χ1v) is 11.4. The molecule has 3 aromatic carbocycles. The second-order valence-electron chi connectivity index (χ2n) is 8.67. The third-order valence-electron chi connectivity index (χ3n) is 6.29. The molecular formula is C27H27FN4O. The highest BCUT2D eigenvalue weighted by molar-refractivity contribution is 6.44. The molecule has 2 aliphatic rings. The van der Waals surface area contributed by atoms with E-state index in [0.29, 0.717) is 5.84 Å². The molecule has 0 saturated carbocycles. The Morgan fingerprint density at radius 3 is 2.03 bits per heavy atom. The number of nitrogens with zero attached hydrogens (tertiary/aromatic N) is 4. The average Bonchev–Trinajstić information content (AvgIpc) is 3.49. The normalized spacial score (nSPS) is 18.1. The van der Waals surface area contributed by atoms with Gasteiger partial charge in [0.1, 0.15) is 5.82 Å². The topological polar surface area (TPSA) is 39.2 Å². The Labute approximate surface area is 193 Å². The van der Waals surface area contributed by atoms with E-state index in [1.54, 1.807) is 12.1 Å². The molecule has 5 nitrogen and oxygen atoms in total. The van der Waals surface area contributed by atoms with Crippen LogP contribution in [0.3, 0.4) is 0 Å². The van der Waals surface area contributed by atoms with Gasteiger partial charge < -0.3 is 4.90 Å². The van der Waals surface area contributed by atoms with Gasteiger partial charge in [0.25, 0.3) is 0 Å². The van der Waals surface area contributed by atoms with Crippen LogP contribution in [-0.2, 0) is 4.79 Å². The van der Waals surface area contributed by atoms with Crippen LogP contribution in [0.4, 0.5) is 21.5 Å². The minimum atomic E-state index is -0.412. The molecule has 5 rings (SSSR count). The standard InChI is InChI=1S/C27H27FN4O/c1-19-5-11-25(12-6-19)32-27(21-7-9-22(28)10-8-21)31(26(29-32)20(2)33)24-15-13-23(14-16-24)30-17-3-4-18-30/h5-16,27H,3-4,17-18H2,1-2H3/t27-/m0/s1. The molecule has 0 unspecified atom stereocenters. The number of benzene rings is 3. The maximum absolute atomic E-state index is 13.7. The van der Waals surface area contributed by atoms with Crippen LogP contribution in [0.15, 0.2) is 77.9 Å². The summed E-state index contributed by atoms with van der Waals surface area (Å²) < 4.78 is 13.7. The number of aryl methyl sites for hydroxylation is 1. The first kappa shape index (κ1) is 21.2. The van der Waals surface area contributed by atoms with Gasteiger partial charge in [0.15, 0.2) is 17.8 Å². The van der Waals surface area contributed by atoms with Crippen LogP contribution in [0.2, 0.25) is 0 Å². The number of rotatable bonds is 5. The summed E-state index contributed by atoms with van der Waals surface area (Å²) in [5.74, 6) is -0.0629. The highest BCUT2D eigenvalue weighted by atomic mass is 19.1. The molecule has 2 aliphatic heterocycles. The first-order valence-electron chi connectivity index (χ1n) is 11.4. The Morgan fingerprint density at radius 2 is 1.42 bits per heavy atom. The fraction of sp³-hybridized carbons (Fsp3) is 0.259.